The molecule has 1 amide bonds. The normalized spacial score (nSPS) is 28.2. The van der Waals surface area contributed by atoms with Gasteiger partial charge in [-0.1, -0.05) is 0 Å². The van der Waals surface area contributed by atoms with E-state index in [-0.39, 0.29) is 35.5 Å². The highest BCUT2D eigenvalue weighted by Gasteiger charge is 2.54. The fraction of sp³-hybridized carbons (Fsp3) is 0.562. The highest BCUT2D eigenvalue weighted by atomic mass is 32.2. The number of carbonyl (C=O) groups is 1. The van der Waals surface area contributed by atoms with Gasteiger partial charge in [-0.3, -0.25) is 4.79 Å². The van der Waals surface area contributed by atoms with E-state index in [1.807, 2.05) is 0 Å². The topological polar surface area (TPSA) is 117 Å². The summed E-state index contributed by atoms with van der Waals surface area (Å²) in [5.74, 6) is -0.0117. The first-order valence-corrected chi connectivity index (χ1v) is 9.55. The first kappa shape index (κ1) is 18.1. The molecule has 9 heteroatoms. The predicted octanol–water partition coefficient (Wildman–Crippen LogP) is -0.121. The third-order valence-corrected chi connectivity index (χ3v) is 6.17. The number of benzene rings is 1. The number of nitrogens with one attached hydrogen (secondary N) is 1. The van der Waals surface area contributed by atoms with Gasteiger partial charge in [-0.25, -0.2) is 13.1 Å². The molecule has 1 saturated heterocycles. The maximum absolute atomic E-state index is 12.6. The van der Waals surface area contributed by atoms with E-state index in [0.29, 0.717) is 19.0 Å². The Morgan fingerprint density at radius 2 is 2.08 bits per heavy atom. The number of carbonyl (C=O) groups excluding carboxylic acids is 1. The summed E-state index contributed by atoms with van der Waals surface area (Å²) in [5, 5.41) is 0. The van der Waals surface area contributed by atoms with Crippen molar-refractivity contribution in [2.24, 2.45) is 17.6 Å². The van der Waals surface area contributed by atoms with Gasteiger partial charge in [0.05, 0.1) is 17.6 Å². The maximum atomic E-state index is 12.6. The molecular formula is C16H22N2O6S. The number of hydrogen-bond donors (Lipinski definition) is 2. The van der Waals surface area contributed by atoms with Crippen LogP contribution in [0.5, 0.6) is 5.75 Å². The number of amides is 1. The molecule has 0 bridgehead atoms. The fourth-order valence-electron chi connectivity index (χ4n) is 3.51. The van der Waals surface area contributed by atoms with Crippen molar-refractivity contribution in [3.63, 3.8) is 0 Å². The molecule has 2 fully saturated rings. The van der Waals surface area contributed by atoms with Gasteiger partial charge in [-0.15, -0.1) is 0 Å². The summed E-state index contributed by atoms with van der Waals surface area (Å²) in [7, 11) is -2.07. The number of sulfonamides is 1. The van der Waals surface area contributed by atoms with Crippen LogP contribution in [0.1, 0.15) is 6.42 Å². The van der Waals surface area contributed by atoms with Crippen molar-refractivity contribution in [3.8, 4) is 5.75 Å². The van der Waals surface area contributed by atoms with Crippen molar-refractivity contribution < 1.29 is 27.4 Å². The molecule has 0 spiro atoms. The quantitative estimate of drug-likeness (QED) is 0.659. The van der Waals surface area contributed by atoms with E-state index in [9.17, 15) is 13.2 Å². The summed E-state index contributed by atoms with van der Waals surface area (Å²) in [6.07, 6.45) is 0.912. The lowest BCUT2D eigenvalue weighted by molar-refractivity contribution is -0.119. The number of nitrogens with two attached hydrogens (primary N) is 1. The minimum atomic E-state index is -3.67. The van der Waals surface area contributed by atoms with Crippen LogP contribution in [-0.4, -0.2) is 53.4 Å². The van der Waals surface area contributed by atoms with Crippen LogP contribution in [0, 0.1) is 11.8 Å². The van der Waals surface area contributed by atoms with Gasteiger partial charge in [-0.2, -0.15) is 0 Å². The molecule has 1 saturated carbocycles. The second-order valence-corrected chi connectivity index (χ2v) is 7.99. The average molecular weight is 370 g/mol. The molecule has 2 aliphatic rings. The van der Waals surface area contributed by atoms with Crippen molar-refractivity contribution in [2.75, 3.05) is 26.9 Å². The van der Waals surface area contributed by atoms with E-state index in [4.69, 9.17) is 19.9 Å². The molecule has 0 unspecified atom stereocenters. The SMILES string of the molecule is COC[C@@H]1[C@@H](NS(=O)(=O)c2ccc(OCC(N)=O)cc2)[C@@H]2CCO[C@H]12. The molecule has 1 aliphatic carbocycles. The summed E-state index contributed by atoms with van der Waals surface area (Å²) in [5.41, 5.74) is 5.01. The molecule has 1 aromatic carbocycles. The van der Waals surface area contributed by atoms with E-state index in [2.05, 4.69) is 4.72 Å². The van der Waals surface area contributed by atoms with Crippen molar-refractivity contribution >= 4 is 15.9 Å². The Kier molecular flexibility index (Phi) is 5.28. The van der Waals surface area contributed by atoms with Crippen LogP contribution < -0.4 is 15.2 Å². The van der Waals surface area contributed by atoms with Crippen LogP contribution in [0.2, 0.25) is 0 Å². The van der Waals surface area contributed by atoms with Crippen LogP contribution in [0.4, 0.5) is 0 Å². The highest BCUT2D eigenvalue weighted by Crippen LogP contribution is 2.44. The van der Waals surface area contributed by atoms with E-state index in [1.54, 1.807) is 7.11 Å². The zero-order chi connectivity index (χ0) is 18.0. The second-order valence-electron chi connectivity index (χ2n) is 6.28. The molecule has 0 aromatic heterocycles. The monoisotopic (exact) mass is 370 g/mol. The maximum Gasteiger partial charge on any atom is 0.255 e. The molecule has 3 rings (SSSR count). The fourth-order valence-corrected chi connectivity index (χ4v) is 4.85. The van der Waals surface area contributed by atoms with Gasteiger partial charge in [0, 0.05) is 31.6 Å². The van der Waals surface area contributed by atoms with Gasteiger partial charge in [0.15, 0.2) is 6.61 Å². The van der Waals surface area contributed by atoms with Crippen molar-refractivity contribution in [1.82, 2.24) is 4.72 Å². The zero-order valence-corrected chi connectivity index (χ0v) is 14.7. The molecule has 0 radical (unpaired) electrons. The van der Waals surface area contributed by atoms with Gasteiger partial charge >= 0.3 is 0 Å². The molecule has 1 aliphatic heterocycles. The summed E-state index contributed by atoms with van der Waals surface area (Å²) in [4.78, 5) is 10.8. The van der Waals surface area contributed by atoms with E-state index >= 15 is 0 Å². The summed E-state index contributed by atoms with van der Waals surface area (Å²) in [6.45, 7) is 0.849. The zero-order valence-electron chi connectivity index (χ0n) is 13.9. The number of rotatable bonds is 8. The minimum absolute atomic E-state index is 0.0189. The van der Waals surface area contributed by atoms with E-state index in [1.165, 1.54) is 24.3 Å². The number of methoxy groups -OCH3 is 1. The Balaban J connectivity index is 1.68. The Bertz CT molecular complexity index is 721. The molecule has 3 N–H and O–H groups in total. The number of primary amides is 1. The Morgan fingerprint density at radius 3 is 2.72 bits per heavy atom. The summed E-state index contributed by atoms with van der Waals surface area (Å²) < 4.78 is 44.1. The van der Waals surface area contributed by atoms with Crippen LogP contribution in [0.25, 0.3) is 0 Å². The highest BCUT2D eigenvalue weighted by molar-refractivity contribution is 7.89. The van der Waals surface area contributed by atoms with Crippen LogP contribution >= 0.6 is 0 Å². The lowest BCUT2D eigenvalue weighted by atomic mass is 9.68. The summed E-state index contributed by atoms with van der Waals surface area (Å²) >= 11 is 0. The van der Waals surface area contributed by atoms with Gasteiger partial charge in [0.2, 0.25) is 10.0 Å². The van der Waals surface area contributed by atoms with Crippen LogP contribution in [0.3, 0.4) is 0 Å². The molecule has 1 heterocycles. The number of ether oxygens (including phenoxy) is 3. The molecule has 1 aromatic rings. The first-order valence-electron chi connectivity index (χ1n) is 8.06. The lowest BCUT2D eigenvalue weighted by Crippen LogP contribution is -2.62. The predicted molar refractivity (Wildman–Crippen MR) is 88.5 cm³/mol. The second kappa shape index (κ2) is 7.28. The molecule has 4 atom stereocenters. The Morgan fingerprint density at radius 1 is 1.36 bits per heavy atom. The van der Waals surface area contributed by atoms with Crippen LogP contribution in [0.15, 0.2) is 29.2 Å². The largest absolute Gasteiger partial charge is 0.484 e. The van der Waals surface area contributed by atoms with Crippen molar-refractivity contribution in [3.05, 3.63) is 24.3 Å². The van der Waals surface area contributed by atoms with Crippen molar-refractivity contribution in [2.45, 2.75) is 23.5 Å². The standard InChI is InChI=1S/C16H22N2O6S/c1-22-8-13-15(12-6-7-23-16(12)13)18-25(20,21)11-4-2-10(3-5-11)24-9-14(17)19/h2-5,12-13,15-16,18H,6-9H2,1H3,(H2,17,19)/t12-,13+,15-,16-/m0/s1. The Hall–Kier alpha value is -1.68. The molecule has 25 heavy (non-hydrogen) atoms. The molecule has 8 nitrogen and oxygen atoms in total. The average Bonchev–Trinajstić information content (AvgIpc) is 3.01. The third-order valence-electron chi connectivity index (χ3n) is 4.69. The minimum Gasteiger partial charge on any atom is -0.484 e. The number of hydrogen-bond acceptors (Lipinski definition) is 6. The van der Waals surface area contributed by atoms with Gasteiger partial charge < -0.3 is 19.9 Å². The number of fused-ring (bicyclic) bond motifs is 1. The van der Waals surface area contributed by atoms with Crippen LogP contribution in [-0.2, 0) is 24.3 Å². The van der Waals surface area contributed by atoms with Gasteiger partial charge in [-0.05, 0) is 30.7 Å². The van der Waals surface area contributed by atoms with Crippen molar-refractivity contribution in [1.29, 1.82) is 0 Å². The van der Waals surface area contributed by atoms with Gasteiger partial charge in [0.1, 0.15) is 5.75 Å². The van der Waals surface area contributed by atoms with E-state index in [0.717, 1.165) is 6.42 Å². The first-order chi connectivity index (χ1) is 11.9. The van der Waals surface area contributed by atoms with Gasteiger partial charge in [0.25, 0.3) is 5.91 Å². The summed E-state index contributed by atoms with van der Waals surface area (Å²) in [6, 6.07) is 5.67. The Labute approximate surface area is 146 Å². The third kappa shape index (κ3) is 3.79. The smallest absolute Gasteiger partial charge is 0.255 e. The lowest BCUT2D eigenvalue weighted by Gasteiger charge is -2.47. The molecule has 138 valence electrons. The van der Waals surface area contributed by atoms with E-state index < -0.39 is 15.9 Å². The molecular weight excluding hydrogens is 348 g/mol.